The van der Waals surface area contributed by atoms with E-state index in [4.69, 9.17) is 4.74 Å². The third-order valence-electron chi connectivity index (χ3n) is 4.56. The molecule has 132 valence electrons. The molecule has 1 aromatic heterocycles. The molecule has 1 aromatic rings. The highest BCUT2D eigenvalue weighted by molar-refractivity contribution is 5.79. The highest BCUT2D eigenvalue weighted by atomic mass is 19.4. The van der Waals surface area contributed by atoms with Gasteiger partial charge in [-0.15, -0.1) is 0 Å². The van der Waals surface area contributed by atoms with Crippen molar-refractivity contribution in [3.63, 3.8) is 0 Å². The van der Waals surface area contributed by atoms with Gasteiger partial charge in [-0.3, -0.25) is 4.79 Å². The van der Waals surface area contributed by atoms with Gasteiger partial charge in [-0.05, 0) is 33.1 Å². The van der Waals surface area contributed by atoms with Crippen LogP contribution in [0.15, 0.2) is 0 Å². The van der Waals surface area contributed by atoms with Crippen LogP contribution < -0.4 is 0 Å². The highest BCUT2D eigenvalue weighted by Gasteiger charge is 2.40. The molecular formula is C16H20F3N3O2. The Hall–Kier alpha value is -1.70. The van der Waals surface area contributed by atoms with Crippen molar-refractivity contribution in [3.8, 4) is 0 Å². The van der Waals surface area contributed by atoms with Crippen LogP contribution in [-0.2, 0) is 28.5 Å². The van der Waals surface area contributed by atoms with E-state index in [-0.39, 0.29) is 29.8 Å². The smallest absolute Gasteiger partial charge is 0.375 e. The van der Waals surface area contributed by atoms with Crippen molar-refractivity contribution in [2.24, 2.45) is 5.92 Å². The number of aromatic nitrogens is 2. The molecule has 1 amide bonds. The number of ether oxygens (including phenoxy) is 1. The summed E-state index contributed by atoms with van der Waals surface area (Å²) < 4.78 is 45.3. The number of rotatable bonds is 1. The quantitative estimate of drug-likeness (QED) is 0.784. The average molecular weight is 343 g/mol. The molecule has 0 unspecified atom stereocenters. The Kier molecular flexibility index (Phi) is 4.50. The lowest BCUT2D eigenvalue weighted by atomic mass is 9.84. The van der Waals surface area contributed by atoms with Crippen LogP contribution in [0.5, 0.6) is 0 Å². The van der Waals surface area contributed by atoms with Gasteiger partial charge >= 0.3 is 6.18 Å². The van der Waals surface area contributed by atoms with Crippen molar-refractivity contribution < 1.29 is 22.7 Å². The van der Waals surface area contributed by atoms with Crippen LogP contribution in [0.3, 0.4) is 0 Å². The van der Waals surface area contributed by atoms with E-state index in [9.17, 15) is 18.0 Å². The molecule has 5 nitrogen and oxygen atoms in total. The summed E-state index contributed by atoms with van der Waals surface area (Å²) in [6, 6.07) is 0. The maximum absolute atomic E-state index is 13.3. The molecule has 0 aromatic carbocycles. The van der Waals surface area contributed by atoms with Gasteiger partial charge in [0.15, 0.2) is 5.69 Å². The second-order valence-electron chi connectivity index (χ2n) is 6.45. The standard InChI is InChI=1S/C16H20F3N3O2/c1-9-8-22(5-6-24-9)15(23)11-3-4-13-12(7-11)14(16(17,18)19)21-10(2)20-13/h9,11H,3-8H2,1-2H3/t9-,11+/m0/s1. The van der Waals surface area contributed by atoms with Gasteiger partial charge < -0.3 is 9.64 Å². The molecule has 0 bridgehead atoms. The maximum Gasteiger partial charge on any atom is 0.433 e. The zero-order valence-electron chi connectivity index (χ0n) is 13.7. The number of hydrogen-bond acceptors (Lipinski definition) is 4. The number of morpholine rings is 1. The van der Waals surface area contributed by atoms with E-state index < -0.39 is 17.8 Å². The minimum absolute atomic E-state index is 0.0460. The van der Waals surface area contributed by atoms with E-state index in [0.717, 1.165) is 0 Å². The summed E-state index contributed by atoms with van der Waals surface area (Å²) >= 11 is 0. The Morgan fingerprint density at radius 1 is 1.33 bits per heavy atom. The predicted molar refractivity (Wildman–Crippen MR) is 79.3 cm³/mol. The third-order valence-corrected chi connectivity index (χ3v) is 4.56. The van der Waals surface area contributed by atoms with Crippen molar-refractivity contribution >= 4 is 5.91 Å². The van der Waals surface area contributed by atoms with Gasteiger partial charge in [-0.1, -0.05) is 0 Å². The first-order valence-corrected chi connectivity index (χ1v) is 8.09. The minimum atomic E-state index is -4.53. The van der Waals surface area contributed by atoms with Crippen molar-refractivity contribution in [1.82, 2.24) is 14.9 Å². The first kappa shape index (κ1) is 17.1. The molecule has 8 heteroatoms. The van der Waals surface area contributed by atoms with Gasteiger partial charge in [0.25, 0.3) is 0 Å². The summed E-state index contributed by atoms with van der Waals surface area (Å²) in [6.07, 6.45) is -3.63. The van der Waals surface area contributed by atoms with Gasteiger partial charge in [0.05, 0.1) is 12.7 Å². The molecule has 0 N–H and O–H groups in total. The number of amides is 1. The summed E-state index contributed by atoms with van der Waals surface area (Å²) in [5, 5.41) is 0. The lowest BCUT2D eigenvalue weighted by Crippen LogP contribution is -2.48. The number of halogens is 3. The van der Waals surface area contributed by atoms with Crippen molar-refractivity contribution in [3.05, 3.63) is 22.8 Å². The molecular weight excluding hydrogens is 323 g/mol. The van der Waals surface area contributed by atoms with E-state index in [1.165, 1.54) is 6.92 Å². The monoisotopic (exact) mass is 343 g/mol. The number of hydrogen-bond donors (Lipinski definition) is 0. The normalized spacial score (nSPS) is 24.6. The van der Waals surface area contributed by atoms with E-state index >= 15 is 0 Å². The highest BCUT2D eigenvalue weighted by Crippen LogP contribution is 2.36. The molecule has 1 aliphatic carbocycles. The fourth-order valence-corrected chi connectivity index (χ4v) is 3.46. The summed E-state index contributed by atoms with van der Waals surface area (Å²) in [6.45, 7) is 4.78. The molecule has 1 saturated heterocycles. The van der Waals surface area contributed by atoms with Gasteiger partial charge in [0, 0.05) is 30.3 Å². The van der Waals surface area contributed by atoms with E-state index in [1.807, 2.05) is 6.92 Å². The van der Waals surface area contributed by atoms with E-state index in [1.54, 1.807) is 4.90 Å². The molecule has 2 aliphatic rings. The summed E-state index contributed by atoms with van der Waals surface area (Å²) in [5.74, 6) is -0.424. The van der Waals surface area contributed by atoms with E-state index in [0.29, 0.717) is 38.2 Å². The van der Waals surface area contributed by atoms with Crippen molar-refractivity contribution in [1.29, 1.82) is 0 Å². The van der Waals surface area contributed by atoms with Crippen LogP contribution in [0, 0.1) is 12.8 Å². The molecule has 1 fully saturated rings. The number of carbonyl (C=O) groups excluding carboxylic acids is 1. The van der Waals surface area contributed by atoms with Gasteiger partial charge in [0.2, 0.25) is 5.91 Å². The average Bonchev–Trinajstić information content (AvgIpc) is 2.52. The predicted octanol–water partition coefficient (Wildman–Crippen LogP) is 2.16. The number of nitrogens with zero attached hydrogens (tertiary/aromatic N) is 3. The number of fused-ring (bicyclic) bond motifs is 1. The van der Waals surface area contributed by atoms with Crippen molar-refractivity contribution in [2.45, 2.75) is 45.4 Å². The lowest BCUT2D eigenvalue weighted by Gasteiger charge is -2.35. The minimum Gasteiger partial charge on any atom is -0.375 e. The summed E-state index contributed by atoms with van der Waals surface area (Å²) in [5.41, 5.74) is -0.383. The van der Waals surface area contributed by atoms with Gasteiger partial charge in [-0.2, -0.15) is 13.2 Å². The van der Waals surface area contributed by atoms with Crippen LogP contribution in [0.4, 0.5) is 13.2 Å². The SMILES string of the molecule is Cc1nc2c(c(C(F)(F)F)n1)C[C@H](C(=O)N1CCO[C@@H](C)C1)CC2. The largest absolute Gasteiger partial charge is 0.433 e. The Balaban J connectivity index is 1.84. The zero-order valence-corrected chi connectivity index (χ0v) is 13.7. The van der Waals surface area contributed by atoms with Crippen LogP contribution in [0.1, 0.15) is 36.1 Å². The van der Waals surface area contributed by atoms with Crippen molar-refractivity contribution in [2.75, 3.05) is 19.7 Å². The molecule has 0 saturated carbocycles. The Morgan fingerprint density at radius 2 is 2.08 bits per heavy atom. The maximum atomic E-state index is 13.3. The zero-order chi connectivity index (χ0) is 17.5. The summed E-state index contributed by atoms with van der Waals surface area (Å²) in [7, 11) is 0. The second kappa shape index (κ2) is 6.31. The first-order chi connectivity index (χ1) is 11.3. The lowest BCUT2D eigenvalue weighted by molar-refractivity contribution is -0.145. The molecule has 24 heavy (non-hydrogen) atoms. The number of aryl methyl sites for hydroxylation is 2. The molecule has 3 rings (SSSR count). The van der Waals surface area contributed by atoms with Gasteiger partial charge in [0.1, 0.15) is 5.82 Å². The molecule has 0 spiro atoms. The molecule has 2 heterocycles. The van der Waals surface area contributed by atoms with E-state index in [2.05, 4.69) is 9.97 Å². The Labute approximate surface area is 138 Å². The van der Waals surface area contributed by atoms with Crippen LogP contribution in [-0.4, -0.2) is 46.6 Å². The fraction of sp³-hybridized carbons (Fsp3) is 0.688. The third kappa shape index (κ3) is 3.38. The Morgan fingerprint density at radius 3 is 2.75 bits per heavy atom. The second-order valence-corrected chi connectivity index (χ2v) is 6.45. The van der Waals surface area contributed by atoms with Crippen LogP contribution >= 0.6 is 0 Å². The fourth-order valence-electron chi connectivity index (χ4n) is 3.46. The first-order valence-electron chi connectivity index (χ1n) is 8.09. The number of carbonyl (C=O) groups is 1. The molecule has 0 radical (unpaired) electrons. The summed E-state index contributed by atoms with van der Waals surface area (Å²) in [4.78, 5) is 22.1. The number of alkyl halides is 3. The van der Waals surface area contributed by atoms with Gasteiger partial charge in [-0.25, -0.2) is 9.97 Å². The van der Waals surface area contributed by atoms with Crippen LogP contribution in [0.2, 0.25) is 0 Å². The Bertz CT molecular complexity index is 648. The molecule has 2 atom stereocenters. The topological polar surface area (TPSA) is 55.3 Å². The van der Waals surface area contributed by atoms with Crippen LogP contribution in [0.25, 0.3) is 0 Å². The molecule has 1 aliphatic heterocycles.